The lowest BCUT2D eigenvalue weighted by molar-refractivity contribution is 0.786. The van der Waals surface area contributed by atoms with Crippen molar-refractivity contribution in [1.82, 2.24) is 0 Å². The van der Waals surface area contributed by atoms with E-state index in [1.165, 1.54) is 0 Å². The first kappa shape index (κ1) is 13.4. The minimum atomic E-state index is 0.0443. The highest BCUT2D eigenvalue weighted by atomic mass is 14.8. The Labute approximate surface area is 91.7 Å². The Morgan fingerprint density at radius 3 is 2.20 bits per heavy atom. The van der Waals surface area contributed by atoms with Crippen LogP contribution in [0.1, 0.15) is 40.5 Å². The summed E-state index contributed by atoms with van der Waals surface area (Å²) in [6, 6.07) is 4.04. The predicted octanol–water partition coefficient (Wildman–Crippen LogP) is 3.20. The van der Waals surface area contributed by atoms with Gasteiger partial charge in [-0.25, -0.2) is 4.99 Å². The number of nitrogens with zero attached hydrogens (tertiary/aromatic N) is 3. The molecule has 0 aromatic carbocycles. The van der Waals surface area contributed by atoms with Gasteiger partial charge in [0, 0.05) is 5.71 Å². The second-order valence-electron chi connectivity index (χ2n) is 3.74. The van der Waals surface area contributed by atoms with Gasteiger partial charge in [-0.3, -0.25) is 0 Å². The first-order chi connectivity index (χ1) is 7.06. The second-order valence-corrected chi connectivity index (χ2v) is 3.74. The van der Waals surface area contributed by atoms with Crippen LogP contribution in [0.5, 0.6) is 0 Å². The Kier molecular flexibility index (Phi) is 6.06. The minimum absolute atomic E-state index is 0.0443. The average molecular weight is 203 g/mol. The summed E-state index contributed by atoms with van der Waals surface area (Å²) in [5.74, 6) is 0.0443. The van der Waals surface area contributed by atoms with Crippen molar-refractivity contribution in [3.05, 3.63) is 11.3 Å². The third-order valence-electron chi connectivity index (χ3n) is 1.97. The van der Waals surface area contributed by atoms with Gasteiger partial charge < -0.3 is 0 Å². The molecule has 0 radical (unpaired) electrons. The van der Waals surface area contributed by atoms with Crippen LogP contribution in [0.3, 0.4) is 0 Å². The van der Waals surface area contributed by atoms with E-state index in [0.717, 1.165) is 18.6 Å². The van der Waals surface area contributed by atoms with Crippen molar-refractivity contribution in [2.45, 2.75) is 40.5 Å². The molecule has 0 rings (SSSR count). The summed E-state index contributed by atoms with van der Waals surface area (Å²) >= 11 is 0. The highest BCUT2D eigenvalue weighted by molar-refractivity contribution is 5.83. The summed E-state index contributed by atoms with van der Waals surface area (Å²) in [5.41, 5.74) is 1.63. The van der Waals surface area contributed by atoms with Crippen LogP contribution >= 0.6 is 0 Å². The zero-order valence-electron chi connectivity index (χ0n) is 9.83. The second kappa shape index (κ2) is 6.79. The molecule has 0 N–H and O–H groups in total. The number of allylic oxidation sites excluding steroid dienone is 2. The van der Waals surface area contributed by atoms with Crippen LogP contribution in [0, 0.1) is 28.6 Å². The van der Waals surface area contributed by atoms with Gasteiger partial charge in [-0.15, -0.1) is 0 Å². The quantitative estimate of drug-likeness (QED) is 0.520. The molecule has 0 amide bonds. The maximum atomic E-state index is 8.93. The standard InChI is InChI=1S/C12H17N3/c1-5-6-10(4)15-12(8-14)11(7-13)9(2)3/h9H,5-6H2,1-4H3/b12-11-,15-10?. The predicted molar refractivity (Wildman–Crippen MR) is 61.1 cm³/mol. The Hall–Kier alpha value is -1.61. The zero-order chi connectivity index (χ0) is 11.8. The highest BCUT2D eigenvalue weighted by Gasteiger charge is 2.09. The van der Waals surface area contributed by atoms with E-state index < -0.39 is 0 Å². The topological polar surface area (TPSA) is 59.9 Å². The Balaban J connectivity index is 5.17. The summed E-state index contributed by atoms with van der Waals surface area (Å²) in [5, 5.41) is 17.8. The molecule has 80 valence electrons. The van der Waals surface area contributed by atoms with Crippen LogP contribution in [-0.4, -0.2) is 5.71 Å². The van der Waals surface area contributed by atoms with E-state index in [2.05, 4.69) is 18.0 Å². The molecule has 0 aliphatic rings. The van der Waals surface area contributed by atoms with Gasteiger partial charge in [-0.2, -0.15) is 10.5 Å². The summed E-state index contributed by atoms with van der Waals surface area (Å²) in [6.07, 6.45) is 1.86. The summed E-state index contributed by atoms with van der Waals surface area (Å²) in [6.45, 7) is 7.72. The fraction of sp³-hybridized carbons (Fsp3) is 0.583. The maximum absolute atomic E-state index is 8.93. The van der Waals surface area contributed by atoms with Gasteiger partial charge >= 0.3 is 0 Å². The normalized spacial score (nSPS) is 13.1. The van der Waals surface area contributed by atoms with Crippen molar-refractivity contribution < 1.29 is 0 Å². The summed E-state index contributed by atoms with van der Waals surface area (Å²) in [7, 11) is 0. The van der Waals surface area contributed by atoms with E-state index in [-0.39, 0.29) is 11.6 Å². The van der Waals surface area contributed by atoms with Gasteiger partial charge in [0.2, 0.25) is 0 Å². The van der Waals surface area contributed by atoms with Crippen LogP contribution in [0.2, 0.25) is 0 Å². The van der Waals surface area contributed by atoms with E-state index in [4.69, 9.17) is 10.5 Å². The average Bonchev–Trinajstić information content (AvgIpc) is 2.17. The third kappa shape index (κ3) is 4.42. The fourth-order valence-electron chi connectivity index (χ4n) is 1.21. The number of hydrogen-bond acceptors (Lipinski definition) is 3. The van der Waals surface area contributed by atoms with Gasteiger partial charge in [0.05, 0.1) is 11.6 Å². The fourth-order valence-corrected chi connectivity index (χ4v) is 1.21. The molecule has 3 nitrogen and oxygen atoms in total. The van der Waals surface area contributed by atoms with E-state index in [1.54, 1.807) is 0 Å². The summed E-state index contributed by atoms with van der Waals surface area (Å²) < 4.78 is 0. The smallest absolute Gasteiger partial charge is 0.154 e. The molecule has 0 saturated carbocycles. The lowest BCUT2D eigenvalue weighted by atomic mass is 10.0. The number of hydrogen-bond donors (Lipinski definition) is 0. The molecular formula is C12H17N3. The van der Waals surface area contributed by atoms with Crippen molar-refractivity contribution in [3.63, 3.8) is 0 Å². The summed E-state index contributed by atoms with van der Waals surface area (Å²) in [4.78, 5) is 4.19. The number of rotatable bonds is 4. The molecule has 0 heterocycles. The molecule has 0 aliphatic carbocycles. The lowest BCUT2D eigenvalue weighted by Gasteiger charge is -2.03. The van der Waals surface area contributed by atoms with Crippen molar-refractivity contribution in [3.8, 4) is 12.1 Å². The van der Waals surface area contributed by atoms with Crippen LogP contribution in [0.25, 0.3) is 0 Å². The van der Waals surface area contributed by atoms with Crippen LogP contribution < -0.4 is 0 Å². The molecule has 0 aliphatic heterocycles. The monoisotopic (exact) mass is 203 g/mol. The van der Waals surface area contributed by atoms with Crippen molar-refractivity contribution in [2.75, 3.05) is 0 Å². The maximum Gasteiger partial charge on any atom is 0.154 e. The first-order valence-corrected chi connectivity index (χ1v) is 5.15. The third-order valence-corrected chi connectivity index (χ3v) is 1.97. The van der Waals surface area contributed by atoms with E-state index in [9.17, 15) is 0 Å². The first-order valence-electron chi connectivity index (χ1n) is 5.15. The van der Waals surface area contributed by atoms with Crippen LogP contribution in [0.4, 0.5) is 0 Å². The minimum Gasteiger partial charge on any atom is -0.246 e. The van der Waals surface area contributed by atoms with Gasteiger partial charge in [-0.1, -0.05) is 27.2 Å². The van der Waals surface area contributed by atoms with E-state index in [1.807, 2.05) is 26.8 Å². The van der Waals surface area contributed by atoms with Crippen LogP contribution in [0.15, 0.2) is 16.3 Å². The largest absolute Gasteiger partial charge is 0.246 e. The van der Waals surface area contributed by atoms with Crippen molar-refractivity contribution in [1.29, 1.82) is 10.5 Å². The molecule has 0 spiro atoms. The van der Waals surface area contributed by atoms with Crippen molar-refractivity contribution in [2.24, 2.45) is 10.9 Å². The molecular weight excluding hydrogens is 186 g/mol. The Morgan fingerprint density at radius 1 is 1.27 bits per heavy atom. The van der Waals surface area contributed by atoms with Crippen molar-refractivity contribution >= 4 is 5.71 Å². The molecule has 0 fully saturated rings. The van der Waals surface area contributed by atoms with Gasteiger partial charge in [0.1, 0.15) is 6.07 Å². The molecule has 3 heteroatoms. The van der Waals surface area contributed by atoms with Gasteiger partial charge in [-0.05, 0) is 19.3 Å². The number of nitriles is 2. The SMILES string of the molecule is CCCC(C)=N/C(C#N)=C(/C#N)C(C)C. The molecule has 0 saturated heterocycles. The van der Waals surface area contributed by atoms with E-state index >= 15 is 0 Å². The molecule has 0 bridgehead atoms. The zero-order valence-corrected chi connectivity index (χ0v) is 9.83. The number of aliphatic imine (C=N–C) groups is 1. The van der Waals surface area contributed by atoms with E-state index in [0.29, 0.717) is 5.57 Å². The van der Waals surface area contributed by atoms with Gasteiger partial charge in [0.25, 0.3) is 0 Å². The molecule has 0 unspecified atom stereocenters. The molecule has 15 heavy (non-hydrogen) atoms. The highest BCUT2D eigenvalue weighted by Crippen LogP contribution is 2.15. The molecule has 0 aromatic heterocycles. The van der Waals surface area contributed by atoms with Crippen LogP contribution in [-0.2, 0) is 0 Å². The Bertz CT molecular complexity index is 348. The molecule has 0 atom stereocenters. The Morgan fingerprint density at radius 2 is 1.87 bits per heavy atom. The molecule has 0 aromatic rings. The van der Waals surface area contributed by atoms with Gasteiger partial charge in [0.15, 0.2) is 5.70 Å². The lowest BCUT2D eigenvalue weighted by Crippen LogP contribution is -1.98.